The summed E-state index contributed by atoms with van der Waals surface area (Å²) in [5, 5.41) is 0. The highest BCUT2D eigenvalue weighted by Gasteiger charge is 2.19. The van der Waals surface area contributed by atoms with Crippen molar-refractivity contribution in [3.8, 4) is 0 Å². The van der Waals surface area contributed by atoms with Gasteiger partial charge in [-0.1, -0.05) is 306 Å². The number of allylic oxidation sites excluding steroid dienone is 10. The number of hydrogen-bond donors (Lipinski definition) is 0. The molecule has 0 bridgehead atoms. The molecule has 0 aromatic heterocycles. The number of ether oxygens (including phenoxy) is 3. The molecular weight excluding hydrogens is 901 g/mol. The van der Waals surface area contributed by atoms with Crippen LogP contribution < -0.4 is 0 Å². The van der Waals surface area contributed by atoms with Gasteiger partial charge in [0, 0.05) is 19.3 Å². The Morgan fingerprint density at radius 2 is 0.534 bits per heavy atom. The molecule has 0 heterocycles. The highest BCUT2D eigenvalue weighted by Crippen LogP contribution is 2.17. The van der Waals surface area contributed by atoms with Gasteiger partial charge in [-0.25, -0.2) is 0 Å². The summed E-state index contributed by atoms with van der Waals surface area (Å²) in [4.78, 5) is 38.2. The molecule has 0 radical (unpaired) electrons. The van der Waals surface area contributed by atoms with Crippen LogP contribution in [-0.2, 0) is 28.6 Å². The SMILES string of the molecule is CC/C=C\C/C=C\C/C=C\C/C=C\C/C=C\CCCCCCCCCCCCCC(=O)OCC(COC(=O)CCCCCCCCCCC)OC(=O)CCCCCCCCCCCCCCCCCCCCC. The van der Waals surface area contributed by atoms with E-state index >= 15 is 0 Å². The number of esters is 3. The van der Waals surface area contributed by atoms with Crippen LogP contribution in [0, 0.1) is 0 Å². The molecule has 0 N–H and O–H groups in total. The number of carbonyl (C=O) groups is 3. The Labute approximate surface area is 453 Å². The Morgan fingerprint density at radius 1 is 0.288 bits per heavy atom. The minimum absolute atomic E-state index is 0.0699. The maximum atomic E-state index is 12.9. The normalized spacial score (nSPS) is 12.4. The molecule has 1 atom stereocenters. The van der Waals surface area contributed by atoms with Crippen LogP contribution in [0.15, 0.2) is 60.8 Å². The maximum Gasteiger partial charge on any atom is 0.306 e. The lowest BCUT2D eigenvalue weighted by Crippen LogP contribution is -2.30. The van der Waals surface area contributed by atoms with Gasteiger partial charge in [-0.3, -0.25) is 14.4 Å². The molecule has 6 nitrogen and oxygen atoms in total. The predicted octanol–water partition coefficient (Wildman–Crippen LogP) is 21.6. The smallest absolute Gasteiger partial charge is 0.306 e. The Hall–Kier alpha value is -2.89. The first-order valence-electron chi connectivity index (χ1n) is 31.8. The zero-order chi connectivity index (χ0) is 52.9. The Bertz CT molecular complexity index is 1310. The highest BCUT2D eigenvalue weighted by molar-refractivity contribution is 5.71. The predicted molar refractivity (Wildman–Crippen MR) is 316 cm³/mol. The second-order valence-corrected chi connectivity index (χ2v) is 21.3. The van der Waals surface area contributed by atoms with E-state index in [9.17, 15) is 14.4 Å². The minimum atomic E-state index is -0.771. The van der Waals surface area contributed by atoms with Gasteiger partial charge in [0.15, 0.2) is 6.10 Å². The fourth-order valence-corrected chi connectivity index (χ4v) is 9.30. The van der Waals surface area contributed by atoms with Crippen LogP contribution in [-0.4, -0.2) is 37.2 Å². The van der Waals surface area contributed by atoms with Crippen molar-refractivity contribution in [2.45, 2.75) is 335 Å². The molecule has 0 rings (SSSR count). The third-order valence-corrected chi connectivity index (χ3v) is 14.0. The quantitative estimate of drug-likeness (QED) is 0.0261. The summed E-state index contributed by atoms with van der Waals surface area (Å²) in [7, 11) is 0. The zero-order valence-corrected chi connectivity index (χ0v) is 48.7. The van der Waals surface area contributed by atoms with Crippen LogP contribution >= 0.6 is 0 Å². The summed E-state index contributed by atoms with van der Waals surface area (Å²) >= 11 is 0. The van der Waals surface area contributed by atoms with Gasteiger partial charge in [-0.2, -0.15) is 0 Å². The van der Waals surface area contributed by atoms with Crippen LogP contribution in [0.2, 0.25) is 0 Å². The maximum absolute atomic E-state index is 12.9. The average Bonchev–Trinajstić information content (AvgIpc) is 3.39. The third-order valence-electron chi connectivity index (χ3n) is 14.0. The second-order valence-electron chi connectivity index (χ2n) is 21.3. The van der Waals surface area contributed by atoms with Crippen molar-refractivity contribution in [2.24, 2.45) is 0 Å². The molecule has 0 aromatic carbocycles. The lowest BCUT2D eigenvalue weighted by Gasteiger charge is -2.18. The van der Waals surface area contributed by atoms with Crippen LogP contribution in [0.3, 0.4) is 0 Å². The highest BCUT2D eigenvalue weighted by atomic mass is 16.6. The number of carbonyl (C=O) groups excluding carboxylic acids is 3. The summed E-state index contributed by atoms with van der Waals surface area (Å²) in [5.41, 5.74) is 0. The third kappa shape index (κ3) is 59.9. The molecule has 0 aromatic rings. The van der Waals surface area contributed by atoms with E-state index in [4.69, 9.17) is 14.2 Å². The molecule has 0 amide bonds. The van der Waals surface area contributed by atoms with Crippen molar-refractivity contribution in [3.05, 3.63) is 60.8 Å². The molecule has 0 fully saturated rings. The summed E-state index contributed by atoms with van der Waals surface area (Å²) in [6, 6.07) is 0. The standard InChI is InChI=1S/C67H120O6/c1-4-7-10-13-16-19-21-23-25-27-29-30-31-32-33-34-35-36-38-39-41-43-45-48-51-54-57-60-66(69)72-63-64(62-71-65(68)59-56-53-50-47-18-15-12-9-6-3)73-67(70)61-58-55-52-49-46-44-42-40-37-28-26-24-22-20-17-14-11-8-5-2/h7,10,16,19,23,25,29-30,32-33,64H,4-6,8-9,11-15,17-18,20-22,24,26-28,31,34-63H2,1-3H3/b10-7-,19-16-,25-23-,30-29-,33-32-. The minimum Gasteiger partial charge on any atom is -0.462 e. The van der Waals surface area contributed by atoms with Gasteiger partial charge in [-0.15, -0.1) is 0 Å². The van der Waals surface area contributed by atoms with Gasteiger partial charge in [0.05, 0.1) is 0 Å². The van der Waals surface area contributed by atoms with Gasteiger partial charge in [0.2, 0.25) is 0 Å². The summed E-state index contributed by atoms with van der Waals surface area (Å²) in [6.45, 7) is 6.55. The van der Waals surface area contributed by atoms with Gasteiger partial charge in [0.1, 0.15) is 13.2 Å². The first kappa shape index (κ1) is 70.1. The second kappa shape index (κ2) is 61.7. The topological polar surface area (TPSA) is 78.9 Å². The van der Waals surface area contributed by atoms with Crippen molar-refractivity contribution < 1.29 is 28.6 Å². The summed E-state index contributed by atoms with van der Waals surface area (Å²) < 4.78 is 16.9. The molecule has 0 aliphatic carbocycles. The molecule has 73 heavy (non-hydrogen) atoms. The summed E-state index contributed by atoms with van der Waals surface area (Å²) in [5.74, 6) is -0.857. The van der Waals surface area contributed by atoms with Gasteiger partial charge in [0.25, 0.3) is 0 Å². The van der Waals surface area contributed by atoms with Crippen LogP contribution in [0.5, 0.6) is 0 Å². The fraction of sp³-hybridized carbons (Fsp3) is 0.806. The van der Waals surface area contributed by atoms with Crippen LogP contribution in [0.4, 0.5) is 0 Å². The molecule has 1 unspecified atom stereocenters. The van der Waals surface area contributed by atoms with E-state index in [0.29, 0.717) is 19.3 Å². The van der Waals surface area contributed by atoms with E-state index in [1.54, 1.807) is 0 Å². The lowest BCUT2D eigenvalue weighted by molar-refractivity contribution is -0.167. The van der Waals surface area contributed by atoms with Gasteiger partial charge >= 0.3 is 17.9 Å². The molecule has 0 aliphatic heterocycles. The molecular formula is C67H120O6. The fourth-order valence-electron chi connectivity index (χ4n) is 9.30. The van der Waals surface area contributed by atoms with Crippen molar-refractivity contribution >= 4 is 17.9 Å². The number of unbranched alkanes of at least 4 members (excludes halogenated alkanes) is 37. The van der Waals surface area contributed by atoms with Crippen molar-refractivity contribution in [1.29, 1.82) is 0 Å². The van der Waals surface area contributed by atoms with E-state index < -0.39 is 6.10 Å². The largest absolute Gasteiger partial charge is 0.462 e. The van der Waals surface area contributed by atoms with Gasteiger partial charge < -0.3 is 14.2 Å². The van der Waals surface area contributed by atoms with E-state index in [-0.39, 0.29) is 31.1 Å². The molecule has 0 aliphatic rings. The average molecular weight is 1020 g/mol. The Kier molecular flexibility index (Phi) is 59.2. The lowest BCUT2D eigenvalue weighted by atomic mass is 10.0. The van der Waals surface area contributed by atoms with E-state index in [0.717, 1.165) is 89.9 Å². The Morgan fingerprint density at radius 3 is 0.836 bits per heavy atom. The summed E-state index contributed by atoms with van der Waals surface area (Å²) in [6.07, 6.45) is 78.1. The zero-order valence-electron chi connectivity index (χ0n) is 48.7. The van der Waals surface area contributed by atoms with Crippen LogP contribution in [0.1, 0.15) is 329 Å². The van der Waals surface area contributed by atoms with Gasteiger partial charge in [-0.05, 0) is 64.2 Å². The number of rotatable bonds is 58. The van der Waals surface area contributed by atoms with Crippen molar-refractivity contribution in [3.63, 3.8) is 0 Å². The molecule has 0 spiro atoms. The monoisotopic (exact) mass is 1020 g/mol. The molecule has 0 saturated carbocycles. The first-order chi connectivity index (χ1) is 36.0. The number of hydrogen-bond acceptors (Lipinski definition) is 6. The first-order valence-corrected chi connectivity index (χ1v) is 31.8. The van der Waals surface area contributed by atoms with E-state index in [1.807, 2.05) is 0 Å². The van der Waals surface area contributed by atoms with Crippen molar-refractivity contribution in [1.82, 2.24) is 0 Å². The van der Waals surface area contributed by atoms with Crippen LogP contribution in [0.25, 0.3) is 0 Å². The Balaban J connectivity index is 4.17. The van der Waals surface area contributed by atoms with Crippen molar-refractivity contribution in [2.75, 3.05) is 13.2 Å². The van der Waals surface area contributed by atoms with E-state index in [2.05, 4.69) is 81.5 Å². The molecule has 0 saturated heterocycles. The molecule has 424 valence electrons. The van der Waals surface area contributed by atoms with E-state index in [1.165, 1.54) is 199 Å². The molecule has 6 heteroatoms.